The predicted molar refractivity (Wildman–Crippen MR) is 102 cm³/mol. The molecule has 1 heterocycles. The fraction of sp³-hybridized carbons (Fsp3) is 0.294. The first-order valence-corrected chi connectivity index (χ1v) is 7.15. The second kappa shape index (κ2) is 9.20. The first-order valence-electron chi connectivity index (χ1n) is 7.15. The quantitative estimate of drug-likeness (QED) is 0.448. The third-order valence-electron chi connectivity index (χ3n) is 3.28. The Morgan fingerprint density at radius 2 is 2.13 bits per heavy atom. The lowest BCUT2D eigenvalue weighted by Crippen LogP contribution is -2.38. The summed E-state index contributed by atoms with van der Waals surface area (Å²) in [6.45, 7) is 4.53. The Bertz CT molecular complexity index is 703. The predicted octanol–water partition coefficient (Wildman–Crippen LogP) is 3.50. The Labute approximate surface area is 153 Å². The molecule has 5 nitrogen and oxygen atoms in total. The van der Waals surface area contributed by atoms with Crippen molar-refractivity contribution in [3.63, 3.8) is 0 Å². The lowest BCUT2D eigenvalue weighted by atomic mass is 10.1. The van der Waals surface area contributed by atoms with Crippen molar-refractivity contribution in [3.05, 3.63) is 59.0 Å². The molecule has 122 valence electrons. The Hall–Kier alpha value is -2.01. The van der Waals surface area contributed by atoms with Gasteiger partial charge in [0.2, 0.25) is 0 Å². The van der Waals surface area contributed by atoms with E-state index in [0.29, 0.717) is 18.1 Å². The van der Waals surface area contributed by atoms with E-state index in [2.05, 4.69) is 21.7 Å². The highest BCUT2D eigenvalue weighted by Gasteiger charge is 2.11. The number of aliphatic imine (C=N–C) groups is 1. The summed E-state index contributed by atoms with van der Waals surface area (Å²) >= 11 is 0. The van der Waals surface area contributed by atoms with E-state index in [1.807, 2.05) is 44.2 Å². The number of halogens is 1. The van der Waals surface area contributed by atoms with Crippen LogP contribution >= 0.6 is 24.0 Å². The monoisotopic (exact) mass is 424 g/mol. The van der Waals surface area contributed by atoms with Crippen LogP contribution in [-0.4, -0.2) is 13.0 Å². The van der Waals surface area contributed by atoms with E-state index in [-0.39, 0.29) is 30.0 Å². The number of benzene rings is 1. The van der Waals surface area contributed by atoms with Crippen LogP contribution < -0.4 is 10.6 Å². The summed E-state index contributed by atoms with van der Waals surface area (Å²) in [6, 6.07) is 13.6. The van der Waals surface area contributed by atoms with Gasteiger partial charge in [-0.15, -0.1) is 24.0 Å². The molecule has 2 aromatic rings. The summed E-state index contributed by atoms with van der Waals surface area (Å²) in [7, 11) is 1.72. The van der Waals surface area contributed by atoms with Gasteiger partial charge in [0.15, 0.2) is 5.96 Å². The van der Waals surface area contributed by atoms with E-state index in [4.69, 9.17) is 9.68 Å². The number of hydrogen-bond acceptors (Lipinski definition) is 3. The molecule has 0 radical (unpaired) electrons. The standard InChI is InChI=1S/C17H20N4O.HI/c1-12-7-8-16(22-12)13(2)21-17(19-3)20-11-15-6-4-5-14(9-15)10-18;/h4-9,13H,11H2,1-3H3,(H2,19,20,21);1H. The highest BCUT2D eigenvalue weighted by molar-refractivity contribution is 14.0. The minimum atomic E-state index is 0. The average molecular weight is 424 g/mol. The summed E-state index contributed by atoms with van der Waals surface area (Å²) in [5, 5.41) is 15.4. The zero-order valence-corrected chi connectivity index (χ0v) is 15.8. The zero-order valence-electron chi connectivity index (χ0n) is 13.5. The summed E-state index contributed by atoms with van der Waals surface area (Å²) < 4.78 is 5.60. The Morgan fingerprint density at radius 3 is 2.74 bits per heavy atom. The molecular weight excluding hydrogens is 403 g/mol. The smallest absolute Gasteiger partial charge is 0.191 e. The number of nitrogens with one attached hydrogen (secondary N) is 2. The molecule has 0 aliphatic carbocycles. The van der Waals surface area contributed by atoms with Gasteiger partial charge in [-0.2, -0.15) is 5.26 Å². The van der Waals surface area contributed by atoms with Gasteiger partial charge >= 0.3 is 0 Å². The van der Waals surface area contributed by atoms with Crippen molar-refractivity contribution in [2.75, 3.05) is 7.05 Å². The molecule has 1 aromatic heterocycles. The number of nitriles is 1. The summed E-state index contributed by atoms with van der Waals surface area (Å²) in [5.41, 5.74) is 1.69. The van der Waals surface area contributed by atoms with Crippen molar-refractivity contribution in [1.29, 1.82) is 5.26 Å². The van der Waals surface area contributed by atoms with E-state index in [1.165, 1.54) is 0 Å². The van der Waals surface area contributed by atoms with Gasteiger partial charge < -0.3 is 15.1 Å². The number of nitrogens with zero attached hydrogens (tertiary/aromatic N) is 2. The van der Waals surface area contributed by atoms with E-state index < -0.39 is 0 Å². The average Bonchev–Trinajstić information content (AvgIpc) is 2.98. The van der Waals surface area contributed by atoms with Gasteiger partial charge in [-0.1, -0.05) is 12.1 Å². The third-order valence-corrected chi connectivity index (χ3v) is 3.28. The van der Waals surface area contributed by atoms with Crippen LogP contribution in [0.5, 0.6) is 0 Å². The fourth-order valence-electron chi connectivity index (χ4n) is 2.09. The number of aryl methyl sites for hydroxylation is 1. The molecule has 0 aliphatic rings. The number of hydrogen-bond donors (Lipinski definition) is 2. The molecule has 0 fully saturated rings. The zero-order chi connectivity index (χ0) is 15.9. The molecule has 23 heavy (non-hydrogen) atoms. The molecule has 0 bridgehead atoms. The van der Waals surface area contributed by atoms with E-state index in [0.717, 1.165) is 17.1 Å². The summed E-state index contributed by atoms with van der Waals surface area (Å²) in [5.74, 6) is 2.44. The lowest BCUT2D eigenvalue weighted by Gasteiger charge is -2.16. The van der Waals surface area contributed by atoms with Crippen LogP contribution in [0, 0.1) is 18.3 Å². The molecule has 0 aliphatic heterocycles. The van der Waals surface area contributed by atoms with Crippen molar-refractivity contribution in [1.82, 2.24) is 10.6 Å². The van der Waals surface area contributed by atoms with E-state index in [9.17, 15) is 0 Å². The normalized spacial score (nSPS) is 12.0. The SMILES string of the molecule is CN=C(NCc1cccc(C#N)c1)NC(C)c1ccc(C)o1.I. The van der Waals surface area contributed by atoms with Gasteiger partial charge in [0.05, 0.1) is 17.7 Å². The molecule has 1 atom stereocenters. The highest BCUT2D eigenvalue weighted by atomic mass is 127. The highest BCUT2D eigenvalue weighted by Crippen LogP contribution is 2.15. The molecule has 0 amide bonds. The molecular formula is C17H21IN4O. The van der Waals surface area contributed by atoms with Gasteiger partial charge in [-0.05, 0) is 43.7 Å². The van der Waals surface area contributed by atoms with Crippen molar-refractivity contribution in [2.24, 2.45) is 4.99 Å². The second-order valence-corrected chi connectivity index (χ2v) is 5.05. The summed E-state index contributed by atoms with van der Waals surface area (Å²) in [6.07, 6.45) is 0. The third kappa shape index (κ3) is 5.60. The minimum Gasteiger partial charge on any atom is -0.464 e. The van der Waals surface area contributed by atoms with Crippen LogP contribution in [0.3, 0.4) is 0 Å². The molecule has 0 spiro atoms. The van der Waals surface area contributed by atoms with Crippen LogP contribution in [0.15, 0.2) is 45.8 Å². The van der Waals surface area contributed by atoms with E-state index >= 15 is 0 Å². The molecule has 2 rings (SSSR count). The van der Waals surface area contributed by atoms with Crippen LogP contribution in [0.1, 0.15) is 35.6 Å². The van der Waals surface area contributed by atoms with Crippen LogP contribution in [0.2, 0.25) is 0 Å². The Balaban J connectivity index is 0.00000264. The van der Waals surface area contributed by atoms with Gasteiger partial charge in [0, 0.05) is 13.6 Å². The topological polar surface area (TPSA) is 73.3 Å². The minimum absolute atomic E-state index is 0. The molecule has 6 heteroatoms. The molecule has 0 saturated carbocycles. The van der Waals surface area contributed by atoms with E-state index in [1.54, 1.807) is 13.1 Å². The second-order valence-electron chi connectivity index (χ2n) is 5.05. The maximum absolute atomic E-state index is 8.92. The number of rotatable bonds is 4. The fourth-order valence-corrected chi connectivity index (χ4v) is 2.09. The van der Waals surface area contributed by atoms with Crippen molar-refractivity contribution in [2.45, 2.75) is 26.4 Å². The van der Waals surface area contributed by atoms with Gasteiger partial charge in [0.25, 0.3) is 0 Å². The van der Waals surface area contributed by atoms with Crippen LogP contribution in [0.25, 0.3) is 0 Å². The maximum Gasteiger partial charge on any atom is 0.191 e. The molecule has 2 N–H and O–H groups in total. The van der Waals surface area contributed by atoms with Gasteiger partial charge in [0.1, 0.15) is 11.5 Å². The van der Waals surface area contributed by atoms with Gasteiger partial charge in [-0.25, -0.2) is 0 Å². The number of furan rings is 1. The van der Waals surface area contributed by atoms with Crippen molar-refractivity contribution < 1.29 is 4.42 Å². The van der Waals surface area contributed by atoms with Crippen molar-refractivity contribution in [3.8, 4) is 6.07 Å². The first kappa shape index (κ1) is 19.0. The summed E-state index contributed by atoms with van der Waals surface area (Å²) in [4.78, 5) is 4.21. The molecule has 1 unspecified atom stereocenters. The largest absolute Gasteiger partial charge is 0.464 e. The Kier molecular flexibility index (Phi) is 7.62. The van der Waals surface area contributed by atoms with Gasteiger partial charge in [-0.3, -0.25) is 4.99 Å². The van der Waals surface area contributed by atoms with Crippen LogP contribution in [0.4, 0.5) is 0 Å². The maximum atomic E-state index is 8.92. The number of guanidine groups is 1. The Morgan fingerprint density at radius 1 is 1.35 bits per heavy atom. The molecule has 1 aromatic carbocycles. The van der Waals surface area contributed by atoms with Crippen molar-refractivity contribution >= 4 is 29.9 Å². The van der Waals surface area contributed by atoms with Crippen LogP contribution in [-0.2, 0) is 6.54 Å². The molecule has 0 saturated heterocycles. The lowest BCUT2D eigenvalue weighted by molar-refractivity contribution is 0.441. The first-order chi connectivity index (χ1) is 10.6.